The molecule has 2 heterocycles. The number of aromatic nitrogens is 1. The lowest BCUT2D eigenvalue weighted by molar-refractivity contribution is -0.130. The highest BCUT2D eigenvalue weighted by Crippen LogP contribution is 2.41. The minimum Gasteiger partial charge on any atom is -0.493 e. The molecule has 1 atom stereocenters. The Balaban J connectivity index is 1.33. The van der Waals surface area contributed by atoms with Gasteiger partial charge in [-0.3, -0.25) is 14.9 Å². The highest BCUT2D eigenvalue weighted by Gasteiger charge is 2.33. The van der Waals surface area contributed by atoms with E-state index in [1.807, 2.05) is 37.3 Å². The molecule has 10 nitrogen and oxygen atoms in total. The van der Waals surface area contributed by atoms with E-state index in [9.17, 15) is 9.59 Å². The number of ether oxygens (including phenoxy) is 4. The Bertz CT molecular complexity index is 1680. The molecule has 0 bridgehead atoms. The fourth-order valence-corrected chi connectivity index (χ4v) is 5.87. The summed E-state index contributed by atoms with van der Waals surface area (Å²) in [5, 5.41) is 9.96. The average Bonchev–Trinajstić information content (AvgIpc) is 3.60. The van der Waals surface area contributed by atoms with Gasteiger partial charge >= 0.3 is 0 Å². The van der Waals surface area contributed by atoms with Gasteiger partial charge in [-0.25, -0.2) is 9.99 Å². The van der Waals surface area contributed by atoms with Gasteiger partial charge in [-0.15, -0.1) is 0 Å². The number of halogens is 1. The number of hydrogen-bond donors (Lipinski definition) is 1. The number of hydrogen-bond acceptors (Lipinski definition) is 9. The molecule has 2 amide bonds. The summed E-state index contributed by atoms with van der Waals surface area (Å²) in [7, 11) is 4.63. The number of fused-ring (bicyclic) bond motifs is 1. The first-order valence-electron chi connectivity index (χ1n) is 13.0. The SMILES string of the molecule is COc1cc(C2=NN(C(C)=O)C(c3ccc(C)c(OCC(=O)Nc4nc5ccc(Cl)cc5s4)c3)C2)cc(OC)c1OC. The molecule has 0 aliphatic carbocycles. The molecular weight excluding hydrogens is 580 g/mol. The van der Waals surface area contributed by atoms with Gasteiger partial charge in [-0.1, -0.05) is 35.1 Å². The molecule has 218 valence electrons. The Morgan fingerprint density at radius 3 is 2.43 bits per heavy atom. The number of thiazole rings is 1. The van der Waals surface area contributed by atoms with Gasteiger partial charge in [0.2, 0.25) is 11.7 Å². The zero-order valence-corrected chi connectivity index (χ0v) is 25.3. The van der Waals surface area contributed by atoms with E-state index in [0.29, 0.717) is 45.3 Å². The molecular formula is C30H29ClN4O6S. The van der Waals surface area contributed by atoms with E-state index < -0.39 is 0 Å². The minimum absolute atomic E-state index is 0.206. The zero-order valence-electron chi connectivity index (χ0n) is 23.7. The second-order valence-corrected chi connectivity index (χ2v) is 11.0. The van der Waals surface area contributed by atoms with Crippen molar-refractivity contribution in [3.63, 3.8) is 0 Å². The van der Waals surface area contributed by atoms with Crippen molar-refractivity contribution in [3.8, 4) is 23.0 Å². The molecule has 42 heavy (non-hydrogen) atoms. The maximum absolute atomic E-state index is 12.7. The first-order chi connectivity index (χ1) is 20.2. The number of amides is 2. The van der Waals surface area contributed by atoms with E-state index in [1.165, 1.54) is 23.3 Å². The monoisotopic (exact) mass is 608 g/mol. The van der Waals surface area contributed by atoms with Crippen LogP contribution in [0.2, 0.25) is 5.02 Å². The van der Waals surface area contributed by atoms with Gasteiger partial charge in [0.25, 0.3) is 5.91 Å². The molecule has 0 radical (unpaired) electrons. The van der Waals surface area contributed by atoms with Crippen LogP contribution in [0.3, 0.4) is 0 Å². The van der Waals surface area contributed by atoms with Gasteiger partial charge in [0.1, 0.15) is 5.75 Å². The Morgan fingerprint density at radius 1 is 1.02 bits per heavy atom. The molecule has 0 fully saturated rings. The average molecular weight is 609 g/mol. The van der Waals surface area contributed by atoms with Crippen molar-refractivity contribution in [2.75, 3.05) is 33.3 Å². The summed E-state index contributed by atoms with van der Waals surface area (Å²) < 4.78 is 23.2. The predicted octanol–water partition coefficient (Wildman–Crippen LogP) is 6.00. The second-order valence-electron chi connectivity index (χ2n) is 9.54. The summed E-state index contributed by atoms with van der Waals surface area (Å²) in [6.45, 7) is 3.15. The Labute approximate surface area is 251 Å². The number of aryl methyl sites for hydroxylation is 1. The van der Waals surface area contributed by atoms with Crippen LogP contribution in [-0.2, 0) is 9.59 Å². The Morgan fingerprint density at radius 2 is 1.76 bits per heavy atom. The van der Waals surface area contributed by atoms with Gasteiger partial charge in [0.15, 0.2) is 23.2 Å². The lowest BCUT2D eigenvalue weighted by Gasteiger charge is -2.21. The van der Waals surface area contributed by atoms with Crippen LogP contribution in [0.5, 0.6) is 23.0 Å². The number of carbonyl (C=O) groups excluding carboxylic acids is 2. The molecule has 1 aromatic heterocycles. The zero-order chi connectivity index (χ0) is 30.0. The first kappa shape index (κ1) is 29.2. The standard InChI is InChI=1S/C30H29ClN4O6S/c1-16-6-7-18(10-24(16)41-15-28(37)33-30-32-21-9-8-20(31)13-27(21)42-30)23-14-22(34-35(23)17(2)36)19-11-25(38-3)29(40-5)26(12-19)39-4/h6-13,23H,14-15H2,1-5H3,(H,32,33,37). The second kappa shape index (κ2) is 12.3. The Kier molecular flexibility index (Phi) is 8.51. The molecule has 1 unspecified atom stereocenters. The molecule has 0 saturated heterocycles. The third-order valence-corrected chi connectivity index (χ3v) is 7.95. The molecule has 1 aliphatic heterocycles. The molecule has 0 saturated carbocycles. The van der Waals surface area contributed by atoms with Crippen molar-refractivity contribution >= 4 is 55.8 Å². The summed E-state index contributed by atoms with van der Waals surface area (Å²) >= 11 is 7.39. The van der Waals surface area contributed by atoms with Crippen LogP contribution in [0.4, 0.5) is 5.13 Å². The van der Waals surface area contributed by atoms with E-state index in [0.717, 1.165) is 26.9 Å². The van der Waals surface area contributed by atoms with Crippen LogP contribution in [-0.4, -0.2) is 55.5 Å². The van der Waals surface area contributed by atoms with Crippen molar-refractivity contribution in [1.29, 1.82) is 0 Å². The summed E-state index contributed by atoms with van der Waals surface area (Å²) in [5.74, 6) is 1.44. The smallest absolute Gasteiger partial charge is 0.264 e. The van der Waals surface area contributed by atoms with Crippen LogP contribution in [0.25, 0.3) is 10.2 Å². The number of carbonyl (C=O) groups is 2. The third kappa shape index (κ3) is 5.97. The number of nitrogens with one attached hydrogen (secondary N) is 1. The normalized spacial score (nSPS) is 14.5. The largest absolute Gasteiger partial charge is 0.493 e. The van der Waals surface area contributed by atoms with E-state index >= 15 is 0 Å². The van der Waals surface area contributed by atoms with Gasteiger partial charge in [-0.2, -0.15) is 5.10 Å². The number of benzene rings is 3. The summed E-state index contributed by atoms with van der Waals surface area (Å²) in [5.41, 5.74) is 3.85. The fraction of sp³-hybridized carbons (Fsp3) is 0.267. The molecule has 1 N–H and O–H groups in total. The molecule has 0 spiro atoms. The number of nitrogens with zero attached hydrogens (tertiary/aromatic N) is 3. The van der Waals surface area contributed by atoms with Crippen LogP contribution in [0.15, 0.2) is 53.6 Å². The van der Waals surface area contributed by atoms with Crippen LogP contribution < -0.4 is 24.3 Å². The van der Waals surface area contributed by atoms with E-state index in [1.54, 1.807) is 39.5 Å². The van der Waals surface area contributed by atoms with Crippen LogP contribution in [0, 0.1) is 6.92 Å². The molecule has 4 aromatic rings. The van der Waals surface area contributed by atoms with Gasteiger partial charge < -0.3 is 18.9 Å². The summed E-state index contributed by atoms with van der Waals surface area (Å²) in [6.07, 6.45) is 0.447. The minimum atomic E-state index is -0.372. The van der Waals surface area contributed by atoms with Crippen molar-refractivity contribution in [3.05, 3.63) is 70.2 Å². The van der Waals surface area contributed by atoms with E-state index in [2.05, 4.69) is 15.4 Å². The predicted molar refractivity (Wildman–Crippen MR) is 162 cm³/mol. The van der Waals surface area contributed by atoms with Crippen molar-refractivity contribution in [2.24, 2.45) is 5.10 Å². The third-order valence-electron chi connectivity index (χ3n) is 6.78. The van der Waals surface area contributed by atoms with Gasteiger partial charge in [0.05, 0.1) is 43.3 Å². The molecule has 1 aliphatic rings. The van der Waals surface area contributed by atoms with E-state index in [4.69, 9.17) is 30.5 Å². The van der Waals surface area contributed by atoms with Crippen molar-refractivity contribution in [1.82, 2.24) is 9.99 Å². The summed E-state index contributed by atoms with van der Waals surface area (Å²) in [6, 6.07) is 14.3. The maximum atomic E-state index is 12.7. The van der Waals surface area contributed by atoms with E-state index in [-0.39, 0.29) is 24.5 Å². The fourth-order valence-electron chi connectivity index (χ4n) is 4.71. The van der Waals surface area contributed by atoms with Gasteiger partial charge in [-0.05, 0) is 54.4 Å². The summed E-state index contributed by atoms with van der Waals surface area (Å²) in [4.78, 5) is 29.7. The van der Waals surface area contributed by atoms with Crippen LogP contribution in [0.1, 0.15) is 36.1 Å². The first-order valence-corrected chi connectivity index (χ1v) is 14.2. The van der Waals surface area contributed by atoms with Crippen molar-refractivity contribution in [2.45, 2.75) is 26.3 Å². The highest BCUT2D eigenvalue weighted by atomic mass is 35.5. The van der Waals surface area contributed by atoms with Gasteiger partial charge in [0, 0.05) is 23.9 Å². The number of methoxy groups -OCH3 is 3. The van der Waals surface area contributed by atoms with Crippen molar-refractivity contribution < 1.29 is 28.5 Å². The molecule has 3 aromatic carbocycles. The molecule has 12 heteroatoms. The number of rotatable bonds is 9. The quantitative estimate of drug-likeness (QED) is 0.248. The number of hydrazone groups is 1. The maximum Gasteiger partial charge on any atom is 0.264 e. The van der Waals surface area contributed by atoms with Crippen LogP contribution >= 0.6 is 22.9 Å². The topological polar surface area (TPSA) is 112 Å². The number of anilines is 1. The molecule has 5 rings (SSSR count). The lowest BCUT2D eigenvalue weighted by atomic mass is 9.97. The highest BCUT2D eigenvalue weighted by molar-refractivity contribution is 7.22. The Hall–Kier alpha value is -4.35. The lowest BCUT2D eigenvalue weighted by Crippen LogP contribution is -2.24.